The first-order valence-corrected chi connectivity index (χ1v) is 5.17. The van der Waals surface area contributed by atoms with E-state index in [4.69, 9.17) is 0 Å². The van der Waals surface area contributed by atoms with E-state index in [1.165, 1.54) is 18.2 Å². The van der Waals surface area contributed by atoms with Gasteiger partial charge >= 0.3 is 6.36 Å². The molecule has 1 rings (SSSR count). The van der Waals surface area contributed by atoms with Gasteiger partial charge in [0.15, 0.2) is 0 Å². The maximum atomic E-state index is 12.2. The number of rotatable bonds is 4. The number of amides is 1. The van der Waals surface area contributed by atoms with Crippen molar-refractivity contribution in [3.8, 4) is 5.75 Å². The van der Waals surface area contributed by atoms with Gasteiger partial charge in [-0.05, 0) is 24.6 Å². The Kier molecular flexibility index (Phi) is 4.36. The van der Waals surface area contributed by atoms with Crippen molar-refractivity contribution in [3.63, 3.8) is 0 Å². The Morgan fingerprint density at radius 2 is 2.17 bits per heavy atom. The molecule has 0 heterocycles. The second-order valence-corrected chi connectivity index (χ2v) is 3.37. The standard InChI is InChI=1S/C12H12F3NO2/c1-3-8-5-6-10(18-12(13,14)15)9(7-8)11(17)16-4-2/h3,5-7H,1,4H2,2H3,(H,16,17). The second kappa shape index (κ2) is 5.57. The molecule has 0 saturated carbocycles. The van der Waals surface area contributed by atoms with Crippen LogP contribution in [0.15, 0.2) is 24.8 Å². The van der Waals surface area contributed by atoms with Crippen LogP contribution in [0.4, 0.5) is 13.2 Å². The van der Waals surface area contributed by atoms with E-state index in [9.17, 15) is 18.0 Å². The van der Waals surface area contributed by atoms with Crippen LogP contribution in [0.5, 0.6) is 5.75 Å². The fourth-order valence-electron chi connectivity index (χ4n) is 1.32. The lowest BCUT2D eigenvalue weighted by Crippen LogP contribution is -2.25. The van der Waals surface area contributed by atoms with E-state index in [1.54, 1.807) is 6.92 Å². The lowest BCUT2D eigenvalue weighted by atomic mass is 10.1. The summed E-state index contributed by atoms with van der Waals surface area (Å²) in [6, 6.07) is 3.77. The van der Waals surface area contributed by atoms with E-state index in [1.807, 2.05) is 0 Å². The van der Waals surface area contributed by atoms with Crippen LogP contribution in [-0.2, 0) is 0 Å². The van der Waals surface area contributed by atoms with Gasteiger partial charge in [0, 0.05) is 6.54 Å². The zero-order chi connectivity index (χ0) is 13.8. The summed E-state index contributed by atoms with van der Waals surface area (Å²) in [6.07, 6.45) is -3.41. The summed E-state index contributed by atoms with van der Waals surface area (Å²) in [6.45, 7) is 5.46. The van der Waals surface area contributed by atoms with Crippen molar-refractivity contribution < 1.29 is 22.7 Å². The molecule has 0 aliphatic carbocycles. The molecule has 6 heteroatoms. The van der Waals surface area contributed by atoms with Crippen molar-refractivity contribution in [3.05, 3.63) is 35.9 Å². The molecule has 0 aliphatic heterocycles. The Hall–Kier alpha value is -1.98. The van der Waals surface area contributed by atoms with Crippen LogP contribution in [0.1, 0.15) is 22.8 Å². The highest BCUT2D eigenvalue weighted by molar-refractivity contribution is 5.97. The van der Waals surface area contributed by atoms with Crippen LogP contribution in [0.3, 0.4) is 0 Å². The molecule has 0 spiro atoms. The van der Waals surface area contributed by atoms with Crippen LogP contribution >= 0.6 is 0 Å². The van der Waals surface area contributed by atoms with Gasteiger partial charge in [-0.25, -0.2) is 0 Å². The van der Waals surface area contributed by atoms with E-state index in [-0.39, 0.29) is 5.56 Å². The minimum atomic E-state index is -4.84. The summed E-state index contributed by atoms with van der Waals surface area (Å²) in [5, 5.41) is 2.42. The van der Waals surface area contributed by atoms with Crippen LogP contribution in [0.2, 0.25) is 0 Å². The Morgan fingerprint density at radius 1 is 1.50 bits per heavy atom. The molecule has 0 bridgehead atoms. The third-order valence-electron chi connectivity index (χ3n) is 2.05. The van der Waals surface area contributed by atoms with Gasteiger partial charge in [0.25, 0.3) is 5.91 Å². The maximum absolute atomic E-state index is 12.2. The summed E-state index contributed by atoms with van der Waals surface area (Å²) in [5.41, 5.74) is 0.359. The van der Waals surface area contributed by atoms with Gasteiger partial charge in [0.1, 0.15) is 5.75 Å². The number of halogens is 3. The van der Waals surface area contributed by atoms with Gasteiger partial charge in [0.05, 0.1) is 5.56 Å². The van der Waals surface area contributed by atoms with Crippen molar-refractivity contribution in [1.29, 1.82) is 0 Å². The van der Waals surface area contributed by atoms with Gasteiger partial charge in [-0.1, -0.05) is 18.7 Å². The van der Waals surface area contributed by atoms with Crippen molar-refractivity contribution in [1.82, 2.24) is 5.32 Å². The number of hydrogen-bond acceptors (Lipinski definition) is 2. The molecule has 0 atom stereocenters. The summed E-state index contributed by atoms with van der Waals surface area (Å²) in [5.74, 6) is -1.15. The first-order chi connectivity index (χ1) is 8.37. The predicted octanol–water partition coefficient (Wildman–Crippen LogP) is 2.98. The number of benzene rings is 1. The van der Waals surface area contributed by atoms with Crippen LogP contribution in [-0.4, -0.2) is 18.8 Å². The number of hydrogen-bond donors (Lipinski definition) is 1. The zero-order valence-electron chi connectivity index (χ0n) is 9.67. The largest absolute Gasteiger partial charge is 0.573 e. The summed E-state index contributed by atoms with van der Waals surface area (Å²) >= 11 is 0. The molecule has 0 saturated heterocycles. The number of alkyl halides is 3. The minimum Gasteiger partial charge on any atom is -0.405 e. The van der Waals surface area contributed by atoms with Crippen molar-refractivity contribution in [2.24, 2.45) is 0 Å². The number of carbonyl (C=O) groups excluding carboxylic acids is 1. The van der Waals surface area contributed by atoms with Crippen molar-refractivity contribution in [2.75, 3.05) is 6.54 Å². The highest BCUT2D eigenvalue weighted by atomic mass is 19.4. The SMILES string of the molecule is C=Cc1ccc(OC(F)(F)F)c(C(=O)NCC)c1. The normalized spacial score (nSPS) is 10.9. The highest BCUT2D eigenvalue weighted by Gasteiger charge is 2.32. The third-order valence-corrected chi connectivity index (χ3v) is 2.05. The highest BCUT2D eigenvalue weighted by Crippen LogP contribution is 2.27. The van der Waals surface area contributed by atoms with E-state index < -0.39 is 18.0 Å². The fraction of sp³-hybridized carbons (Fsp3) is 0.250. The molecule has 3 nitrogen and oxygen atoms in total. The molecular formula is C12H12F3NO2. The molecule has 0 fully saturated rings. The minimum absolute atomic E-state index is 0.174. The predicted molar refractivity (Wildman–Crippen MR) is 61.2 cm³/mol. The number of carbonyl (C=O) groups is 1. The van der Waals surface area contributed by atoms with Crippen LogP contribution < -0.4 is 10.1 Å². The van der Waals surface area contributed by atoms with Gasteiger partial charge in [0.2, 0.25) is 0 Å². The molecule has 1 aromatic rings. The van der Waals surface area contributed by atoms with E-state index in [2.05, 4.69) is 16.6 Å². The van der Waals surface area contributed by atoms with Gasteiger partial charge < -0.3 is 10.1 Å². The summed E-state index contributed by atoms with van der Waals surface area (Å²) in [4.78, 5) is 11.6. The average Bonchev–Trinajstić information content (AvgIpc) is 2.27. The molecule has 1 amide bonds. The molecule has 1 aromatic carbocycles. The Bertz CT molecular complexity index is 455. The monoisotopic (exact) mass is 259 g/mol. The first-order valence-electron chi connectivity index (χ1n) is 5.17. The molecule has 18 heavy (non-hydrogen) atoms. The molecule has 0 unspecified atom stereocenters. The zero-order valence-corrected chi connectivity index (χ0v) is 9.67. The van der Waals surface area contributed by atoms with Crippen molar-refractivity contribution in [2.45, 2.75) is 13.3 Å². The Morgan fingerprint density at radius 3 is 2.67 bits per heavy atom. The van der Waals surface area contributed by atoms with Crippen molar-refractivity contribution >= 4 is 12.0 Å². The smallest absolute Gasteiger partial charge is 0.405 e. The number of nitrogens with one attached hydrogen (secondary N) is 1. The molecule has 0 aliphatic rings. The van der Waals surface area contributed by atoms with Gasteiger partial charge in [-0.3, -0.25) is 4.79 Å². The molecule has 98 valence electrons. The fourth-order valence-corrected chi connectivity index (χ4v) is 1.32. The quantitative estimate of drug-likeness (QED) is 0.902. The van der Waals surface area contributed by atoms with Gasteiger partial charge in [-0.15, -0.1) is 13.2 Å². The lowest BCUT2D eigenvalue weighted by molar-refractivity contribution is -0.274. The second-order valence-electron chi connectivity index (χ2n) is 3.37. The van der Waals surface area contributed by atoms with E-state index in [0.717, 1.165) is 6.07 Å². The topological polar surface area (TPSA) is 38.3 Å². The lowest BCUT2D eigenvalue weighted by Gasteiger charge is -2.13. The van der Waals surface area contributed by atoms with Crippen LogP contribution in [0, 0.1) is 0 Å². The van der Waals surface area contributed by atoms with E-state index in [0.29, 0.717) is 12.1 Å². The van der Waals surface area contributed by atoms with Gasteiger partial charge in [-0.2, -0.15) is 0 Å². The maximum Gasteiger partial charge on any atom is 0.573 e. The Balaban J connectivity index is 3.16. The van der Waals surface area contributed by atoms with Crippen LogP contribution in [0.25, 0.3) is 6.08 Å². The first kappa shape index (κ1) is 14.1. The summed E-state index contributed by atoms with van der Waals surface area (Å²) < 4.78 is 40.3. The molecular weight excluding hydrogens is 247 g/mol. The molecule has 1 N–H and O–H groups in total. The Labute approximate surface area is 102 Å². The van der Waals surface area contributed by atoms with E-state index >= 15 is 0 Å². The average molecular weight is 259 g/mol. The molecule has 0 aromatic heterocycles. The third kappa shape index (κ3) is 3.80. The molecule has 0 radical (unpaired) electrons. The summed E-state index contributed by atoms with van der Waals surface area (Å²) in [7, 11) is 0. The number of ether oxygens (including phenoxy) is 1.